The number of anilines is 1. The molecule has 0 aromatic heterocycles. The minimum Gasteiger partial charge on any atom is -0.368 e. The topological polar surface area (TPSA) is 15.3 Å². The van der Waals surface area contributed by atoms with Gasteiger partial charge >= 0.3 is 0 Å². The number of nitrogens with one attached hydrogen (secondary N) is 1. The lowest BCUT2D eigenvalue weighted by molar-refractivity contribution is 0.362. The molecule has 0 bridgehead atoms. The normalized spacial score (nSPS) is 25.8. The highest BCUT2D eigenvalue weighted by Gasteiger charge is 2.35. The molecular formula is C17H25ClN2. The van der Waals surface area contributed by atoms with Gasteiger partial charge < -0.3 is 10.2 Å². The van der Waals surface area contributed by atoms with Crippen molar-refractivity contribution in [3.63, 3.8) is 0 Å². The van der Waals surface area contributed by atoms with Gasteiger partial charge in [-0.05, 0) is 55.8 Å². The van der Waals surface area contributed by atoms with Crippen LogP contribution in [0.2, 0.25) is 5.02 Å². The van der Waals surface area contributed by atoms with Gasteiger partial charge in [0, 0.05) is 29.8 Å². The Balaban J connectivity index is 1.88. The van der Waals surface area contributed by atoms with Gasteiger partial charge in [0.25, 0.3) is 0 Å². The van der Waals surface area contributed by atoms with Crippen molar-refractivity contribution >= 4 is 17.3 Å². The van der Waals surface area contributed by atoms with Crippen molar-refractivity contribution in [2.75, 3.05) is 18.0 Å². The molecule has 1 saturated heterocycles. The summed E-state index contributed by atoms with van der Waals surface area (Å²) in [6.45, 7) is 5.30. The Morgan fingerprint density at radius 1 is 1.25 bits per heavy atom. The second-order valence-electron chi connectivity index (χ2n) is 6.15. The molecule has 20 heavy (non-hydrogen) atoms. The van der Waals surface area contributed by atoms with E-state index in [9.17, 15) is 0 Å². The van der Waals surface area contributed by atoms with Gasteiger partial charge in [-0.2, -0.15) is 0 Å². The Kier molecular flexibility index (Phi) is 4.52. The molecular weight excluding hydrogens is 268 g/mol. The van der Waals surface area contributed by atoms with Crippen molar-refractivity contribution in [2.45, 2.75) is 51.6 Å². The van der Waals surface area contributed by atoms with Gasteiger partial charge in [-0.3, -0.25) is 0 Å². The summed E-state index contributed by atoms with van der Waals surface area (Å²) >= 11 is 6.27. The van der Waals surface area contributed by atoms with Crippen molar-refractivity contribution < 1.29 is 0 Å². The van der Waals surface area contributed by atoms with Crippen LogP contribution in [-0.2, 0) is 6.54 Å². The maximum atomic E-state index is 6.27. The monoisotopic (exact) mass is 292 g/mol. The van der Waals surface area contributed by atoms with E-state index in [4.69, 9.17) is 11.6 Å². The van der Waals surface area contributed by atoms with Crippen molar-refractivity contribution in [1.82, 2.24) is 5.32 Å². The predicted octanol–water partition coefficient (Wildman–Crippen LogP) is 4.22. The smallest absolute Gasteiger partial charge is 0.0429 e. The zero-order chi connectivity index (χ0) is 13.9. The first-order valence-corrected chi connectivity index (χ1v) is 8.43. The molecule has 2 atom stereocenters. The van der Waals surface area contributed by atoms with Crippen LogP contribution in [0.15, 0.2) is 18.2 Å². The molecule has 2 fully saturated rings. The van der Waals surface area contributed by atoms with Crippen LogP contribution in [0.3, 0.4) is 0 Å². The molecule has 0 spiro atoms. The Bertz CT molecular complexity index is 460. The number of piperidine rings is 1. The number of hydrogen-bond donors (Lipinski definition) is 1. The summed E-state index contributed by atoms with van der Waals surface area (Å²) in [5.41, 5.74) is 2.76. The van der Waals surface area contributed by atoms with E-state index in [1.165, 1.54) is 49.9 Å². The first-order valence-electron chi connectivity index (χ1n) is 8.05. The Labute approximate surface area is 127 Å². The molecule has 1 saturated carbocycles. The van der Waals surface area contributed by atoms with E-state index < -0.39 is 0 Å². The summed E-state index contributed by atoms with van der Waals surface area (Å²) in [5, 5.41) is 4.31. The molecule has 3 rings (SSSR count). The van der Waals surface area contributed by atoms with E-state index in [0.717, 1.165) is 30.1 Å². The molecule has 1 aliphatic heterocycles. The Morgan fingerprint density at radius 3 is 2.95 bits per heavy atom. The fraction of sp³-hybridized carbons (Fsp3) is 0.647. The van der Waals surface area contributed by atoms with E-state index in [-0.39, 0.29) is 0 Å². The van der Waals surface area contributed by atoms with E-state index in [2.05, 4.69) is 29.3 Å². The maximum Gasteiger partial charge on any atom is 0.0429 e. The Morgan fingerprint density at radius 2 is 2.10 bits per heavy atom. The van der Waals surface area contributed by atoms with Crippen molar-refractivity contribution in [3.8, 4) is 0 Å². The highest BCUT2D eigenvalue weighted by atomic mass is 35.5. The van der Waals surface area contributed by atoms with Crippen LogP contribution in [0, 0.1) is 5.92 Å². The van der Waals surface area contributed by atoms with Crippen molar-refractivity contribution in [1.29, 1.82) is 0 Å². The number of fused-ring (bicyclic) bond motifs is 1. The van der Waals surface area contributed by atoms with Crippen LogP contribution in [0.1, 0.15) is 44.6 Å². The van der Waals surface area contributed by atoms with Crippen LogP contribution in [0.5, 0.6) is 0 Å². The number of hydrogen-bond acceptors (Lipinski definition) is 2. The predicted molar refractivity (Wildman–Crippen MR) is 86.5 cm³/mol. The molecule has 2 aliphatic rings. The molecule has 1 aliphatic carbocycles. The molecule has 3 heteroatoms. The van der Waals surface area contributed by atoms with E-state index in [1.807, 2.05) is 6.07 Å². The zero-order valence-electron chi connectivity index (χ0n) is 12.4. The van der Waals surface area contributed by atoms with Crippen LogP contribution in [0.4, 0.5) is 5.69 Å². The highest BCUT2D eigenvalue weighted by Crippen LogP contribution is 2.40. The lowest BCUT2D eigenvalue weighted by Crippen LogP contribution is -2.43. The summed E-state index contributed by atoms with van der Waals surface area (Å²) in [4.78, 5) is 2.65. The maximum absolute atomic E-state index is 6.27. The molecule has 1 aromatic rings. The standard InChI is InChI=1S/C17H25ClN2/c1-2-19-12-14-8-9-15(18)11-17(14)20-10-4-6-13-5-3-7-16(13)20/h8-9,11,13,16,19H,2-7,10,12H2,1H3. The van der Waals surface area contributed by atoms with Gasteiger partial charge in [0.1, 0.15) is 0 Å². The summed E-state index contributed by atoms with van der Waals surface area (Å²) in [6, 6.07) is 7.14. The molecule has 0 radical (unpaired) electrons. The average molecular weight is 293 g/mol. The first-order chi connectivity index (χ1) is 9.79. The first kappa shape index (κ1) is 14.2. The minimum atomic E-state index is 0.752. The van der Waals surface area contributed by atoms with Crippen LogP contribution in [-0.4, -0.2) is 19.1 Å². The van der Waals surface area contributed by atoms with Gasteiger partial charge in [-0.25, -0.2) is 0 Å². The molecule has 1 N–H and O–H groups in total. The van der Waals surface area contributed by atoms with Crippen LogP contribution < -0.4 is 10.2 Å². The SMILES string of the molecule is CCNCc1ccc(Cl)cc1N1CCCC2CCCC21. The van der Waals surface area contributed by atoms with Crippen molar-refractivity contribution in [3.05, 3.63) is 28.8 Å². The molecule has 2 unspecified atom stereocenters. The quantitative estimate of drug-likeness (QED) is 0.894. The van der Waals surface area contributed by atoms with Gasteiger partial charge in [-0.1, -0.05) is 31.0 Å². The summed E-state index contributed by atoms with van der Waals surface area (Å²) in [5.74, 6) is 0.912. The molecule has 2 nitrogen and oxygen atoms in total. The zero-order valence-corrected chi connectivity index (χ0v) is 13.1. The van der Waals surface area contributed by atoms with Crippen molar-refractivity contribution in [2.24, 2.45) is 5.92 Å². The number of benzene rings is 1. The number of halogens is 1. The fourth-order valence-electron chi connectivity index (χ4n) is 3.97. The van der Waals surface area contributed by atoms with Gasteiger partial charge in [-0.15, -0.1) is 0 Å². The minimum absolute atomic E-state index is 0.752. The summed E-state index contributed by atoms with van der Waals surface area (Å²) in [7, 11) is 0. The molecule has 1 heterocycles. The van der Waals surface area contributed by atoms with Crippen LogP contribution >= 0.6 is 11.6 Å². The van der Waals surface area contributed by atoms with Gasteiger partial charge in [0.2, 0.25) is 0 Å². The van der Waals surface area contributed by atoms with E-state index in [1.54, 1.807) is 0 Å². The Hall–Kier alpha value is -0.730. The molecule has 1 aromatic carbocycles. The summed E-state index contributed by atoms with van der Waals surface area (Å²) < 4.78 is 0. The average Bonchev–Trinajstić information content (AvgIpc) is 2.94. The third-order valence-electron chi connectivity index (χ3n) is 4.92. The molecule has 0 amide bonds. The second-order valence-corrected chi connectivity index (χ2v) is 6.58. The summed E-state index contributed by atoms with van der Waals surface area (Å²) in [6.07, 6.45) is 6.93. The van der Waals surface area contributed by atoms with E-state index in [0.29, 0.717) is 0 Å². The van der Waals surface area contributed by atoms with Crippen LogP contribution in [0.25, 0.3) is 0 Å². The third-order valence-corrected chi connectivity index (χ3v) is 5.15. The fourth-order valence-corrected chi connectivity index (χ4v) is 4.13. The highest BCUT2D eigenvalue weighted by molar-refractivity contribution is 6.30. The van der Waals surface area contributed by atoms with Gasteiger partial charge in [0.15, 0.2) is 0 Å². The lowest BCUT2D eigenvalue weighted by Gasteiger charge is -2.40. The largest absolute Gasteiger partial charge is 0.368 e. The van der Waals surface area contributed by atoms with Gasteiger partial charge in [0.05, 0.1) is 0 Å². The number of nitrogens with zero attached hydrogens (tertiary/aromatic N) is 1. The lowest BCUT2D eigenvalue weighted by atomic mass is 9.91. The third kappa shape index (κ3) is 2.82. The molecule has 110 valence electrons. The second kappa shape index (κ2) is 6.36. The number of rotatable bonds is 4. The van der Waals surface area contributed by atoms with E-state index >= 15 is 0 Å².